The van der Waals surface area contributed by atoms with E-state index in [1.165, 1.54) is 6.21 Å². The number of nitrogens with zero attached hydrogens (tertiary/aromatic N) is 1. The van der Waals surface area contributed by atoms with Crippen LogP contribution in [-0.4, -0.2) is 41.4 Å². The molecule has 0 heterocycles. The quantitative estimate of drug-likeness (QED) is 0.550. The summed E-state index contributed by atoms with van der Waals surface area (Å²) < 4.78 is 0. The Bertz CT molecular complexity index is 606. The first kappa shape index (κ1) is 16.0. The Morgan fingerprint density at radius 3 is 2.95 bits per heavy atom. The number of rotatable bonds is 6. The SMILES string of the molecule is O=C1CCC=CC1=CNCC(O)CN=Cc1ccccc1O. The molecule has 1 aromatic carbocycles. The molecule has 0 spiro atoms. The molecule has 0 amide bonds. The normalized spacial score (nSPS) is 18.0. The fourth-order valence-corrected chi connectivity index (χ4v) is 2.03. The summed E-state index contributed by atoms with van der Waals surface area (Å²) in [6, 6.07) is 6.87. The molecule has 1 aromatic rings. The van der Waals surface area contributed by atoms with Crippen LogP contribution in [0.3, 0.4) is 0 Å². The Morgan fingerprint density at radius 2 is 2.18 bits per heavy atom. The van der Waals surface area contributed by atoms with E-state index in [1.807, 2.05) is 6.08 Å². The molecule has 5 heteroatoms. The molecule has 0 bridgehead atoms. The van der Waals surface area contributed by atoms with Gasteiger partial charge in [-0.2, -0.15) is 0 Å². The maximum Gasteiger partial charge on any atom is 0.164 e. The van der Waals surface area contributed by atoms with Gasteiger partial charge in [0.25, 0.3) is 0 Å². The van der Waals surface area contributed by atoms with Crippen LogP contribution in [0.25, 0.3) is 0 Å². The Kier molecular flexibility index (Phi) is 5.91. The highest BCUT2D eigenvalue weighted by atomic mass is 16.3. The molecule has 1 atom stereocenters. The molecular formula is C17H20N2O3. The van der Waals surface area contributed by atoms with Gasteiger partial charge in [-0.25, -0.2) is 0 Å². The van der Waals surface area contributed by atoms with E-state index in [2.05, 4.69) is 10.3 Å². The molecule has 0 aromatic heterocycles. The lowest BCUT2D eigenvalue weighted by atomic mass is 10.0. The van der Waals surface area contributed by atoms with E-state index in [1.54, 1.807) is 36.5 Å². The maximum atomic E-state index is 11.6. The first-order chi connectivity index (χ1) is 10.7. The van der Waals surface area contributed by atoms with Crippen molar-refractivity contribution in [3.05, 3.63) is 53.8 Å². The van der Waals surface area contributed by atoms with Crippen LogP contribution >= 0.6 is 0 Å². The van der Waals surface area contributed by atoms with E-state index < -0.39 is 6.10 Å². The summed E-state index contributed by atoms with van der Waals surface area (Å²) in [5, 5.41) is 22.3. The number of hydrogen-bond donors (Lipinski definition) is 3. The number of phenolic OH excluding ortho intramolecular Hbond substituents is 1. The lowest BCUT2D eigenvalue weighted by molar-refractivity contribution is -0.115. The van der Waals surface area contributed by atoms with Gasteiger partial charge in [-0.15, -0.1) is 0 Å². The standard InChI is InChI=1S/C17H20N2O3/c20-15(11-18-9-13-5-1-3-7-16(13)21)12-19-10-14-6-2-4-8-17(14)22/h1-3,5-7,9-10,15,19-21H,4,8,11-12H2. The van der Waals surface area contributed by atoms with Gasteiger partial charge in [0, 0.05) is 36.5 Å². The van der Waals surface area contributed by atoms with Crippen molar-refractivity contribution in [1.29, 1.82) is 0 Å². The van der Waals surface area contributed by atoms with Gasteiger partial charge in [0.05, 0.1) is 12.6 Å². The average molecular weight is 300 g/mol. The van der Waals surface area contributed by atoms with Crippen LogP contribution in [0.15, 0.2) is 53.2 Å². The number of ketones is 1. The molecule has 0 fully saturated rings. The van der Waals surface area contributed by atoms with Gasteiger partial charge < -0.3 is 15.5 Å². The first-order valence-corrected chi connectivity index (χ1v) is 7.26. The summed E-state index contributed by atoms with van der Waals surface area (Å²) in [7, 11) is 0. The predicted octanol–water partition coefficient (Wildman–Crippen LogP) is 1.56. The minimum Gasteiger partial charge on any atom is -0.507 e. The summed E-state index contributed by atoms with van der Waals surface area (Å²) in [6.07, 6.45) is 7.58. The predicted molar refractivity (Wildman–Crippen MR) is 86.0 cm³/mol. The third-order valence-corrected chi connectivity index (χ3v) is 3.25. The zero-order chi connectivity index (χ0) is 15.8. The molecule has 1 aliphatic rings. The maximum absolute atomic E-state index is 11.6. The number of para-hydroxylation sites is 1. The highest BCUT2D eigenvalue weighted by Crippen LogP contribution is 2.13. The zero-order valence-corrected chi connectivity index (χ0v) is 12.3. The number of nitrogens with one attached hydrogen (secondary N) is 1. The van der Waals surface area contributed by atoms with Crippen LogP contribution in [0.1, 0.15) is 18.4 Å². The van der Waals surface area contributed by atoms with E-state index in [-0.39, 0.29) is 18.1 Å². The lowest BCUT2D eigenvalue weighted by Crippen LogP contribution is -2.26. The number of aromatic hydroxyl groups is 1. The van der Waals surface area contributed by atoms with Gasteiger partial charge in [0.1, 0.15) is 5.75 Å². The highest BCUT2D eigenvalue weighted by Gasteiger charge is 2.09. The molecule has 0 saturated carbocycles. The van der Waals surface area contributed by atoms with Gasteiger partial charge in [-0.3, -0.25) is 9.79 Å². The molecule has 116 valence electrons. The van der Waals surface area contributed by atoms with Crippen molar-refractivity contribution in [2.75, 3.05) is 13.1 Å². The van der Waals surface area contributed by atoms with E-state index in [4.69, 9.17) is 0 Å². The number of allylic oxidation sites excluding steroid dienone is 3. The van der Waals surface area contributed by atoms with Crippen molar-refractivity contribution in [3.8, 4) is 5.75 Å². The lowest BCUT2D eigenvalue weighted by Gasteiger charge is -2.10. The van der Waals surface area contributed by atoms with Crippen LogP contribution in [0.5, 0.6) is 5.75 Å². The summed E-state index contributed by atoms with van der Waals surface area (Å²) in [5.74, 6) is 0.272. The minimum absolute atomic E-state index is 0.113. The fourth-order valence-electron chi connectivity index (χ4n) is 2.03. The Labute approximate surface area is 129 Å². The van der Waals surface area contributed by atoms with Crippen LogP contribution in [-0.2, 0) is 4.79 Å². The number of benzene rings is 1. The number of carbonyl (C=O) groups excluding carboxylic acids is 1. The Morgan fingerprint density at radius 1 is 1.36 bits per heavy atom. The summed E-state index contributed by atoms with van der Waals surface area (Å²) in [4.78, 5) is 15.7. The second-order valence-electron chi connectivity index (χ2n) is 5.08. The van der Waals surface area contributed by atoms with E-state index >= 15 is 0 Å². The number of hydrogen-bond acceptors (Lipinski definition) is 5. The fraction of sp³-hybridized carbons (Fsp3) is 0.294. The van der Waals surface area contributed by atoms with E-state index in [0.29, 0.717) is 24.1 Å². The molecular weight excluding hydrogens is 280 g/mol. The number of aliphatic hydroxyl groups excluding tert-OH is 1. The van der Waals surface area contributed by atoms with Gasteiger partial charge in [-0.05, 0) is 18.6 Å². The Balaban J connectivity index is 1.76. The number of Topliss-reactive ketones (excluding diaryl/α,β-unsaturated/α-hetero) is 1. The summed E-state index contributed by atoms with van der Waals surface area (Å²) >= 11 is 0. The van der Waals surface area contributed by atoms with Crippen LogP contribution in [0, 0.1) is 0 Å². The van der Waals surface area contributed by atoms with Crippen LogP contribution < -0.4 is 5.32 Å². The molecule has 0 aliphatic heterocycles. The smallest absolute Gasteiger partial charge is 0.164 e. The molecule has 0 saturated heterocycles. The number of phenols is 1. The second kappa shape index (κ2) is 8.14. The third-order valence-electron chi connectivity index (χ3n) is 3.25. The van der Waals surface area contributed by atoms with Crippen molar-refractivity contribution in [3.63, 3.8) is 0 Å². The van der Waals surface area contributed by atoms with Crippen LogP contribution in [0.2, 0.25) is 0 Å². The number of carbonyl (C=O) groups is 1. The van der Waals surface area contributed by atoms with E-state index in [0.717, 1.165) is 6.42 Å². The van der Waals surface area contributed by atoms with Gasteiger partial charge in [0.2, 0.25) is 0 Å². The first-order valence-electron chi connectivity index (χ1n) is 7.26. The van der Waals surface area contributed by atoms with E-state index in [9.17, 15) is 15.0 Å². The van der Waals surface area contributed by atoms with Crippen molar-refractivity contribution < 1.29 is 15.0 Å². The van der Waals surface area contributed by atoms with Crippen LogP contribution in [0.4, 0.5) is 0 Å². The molecule has 22 heavy (non-hydrogen) atoms. The number of aliphatic hydroxyl groups is 1. The summed E-state index contributed by atoms with van der Waals surface area (Å²) in [5.41, 5.74) is 1.25. The number of aliphatic imine (C=N–C) groups is 1. The Hall–Kier alpha value is -2.40. The average Bonchev–Trinajstić information content (AvgIpc) is 2.51. The third kappa shape index (κ3) is 4.86. The largest absolute Gasteiger partial charge is 0.507 e. The zero-order valence-electron chi connectivity index (χ0n) is 12.3. The molecule has 3 N–H and O–H groups in total. The van der Waals surface area contributed by atoms with Gasteiger partial charge in [-0.1, -0.05) is 24.3 Å². The molecule has 0 radical (unpaired) electrons. The highest BCUT2D eigenvalue weighted by molar-refractivity contribution is 5.98. The van der Waals surface area contributed by atoms with Gasteiger partial charge in [0.15, 0.2) is 5.78 Å². The second-order valence-corrected chi connectivity index (χ2v) is 5.08. The topological polar surface area (TPSA) is 81.9 Å². The van der Waals surface area contributed by atoms with Crippen molar-refractivity contribution in [1.82, 2.24) is 5.32 Å². The van der Waals surface area contributed by atoms with Crippen molar-refractivity contribution >= 4 is 12.0 Å². The molecule has 1 aliphatic carbocycles. The molecule has 2 rings (SSSR count). The minimum atomic E-state index is -0.665. The molecule has 5 nitrogen and oxygen atoms in total. The monoisotopic (exact) mass is 300 g/mol. The van der Waals surface area contributed by atoms with Crippen molar-refractivity contribution in [2.24, 2.45) is 4.99 Å². The summed E-state index contributed by atoms with van der Waals surface area (Å²) in [6.45, 7) is 0.525. The van der Waals surface area contributed by atoms with Gasteiger partial charge >= 0.3 is 0 Å². The molecule has 1 unspecified atom stereocenters. The van der Waals surface area contributed by atoms with Crippen molar-refractivity contribution in [2.45, 2.75) is 18.9 Å².